The monoisotopic (exact) mass is 2130 g/mol. The third kappa shape index (κ3) is 30.8. The number of carboxylic acids is 1. The highest BCUT2D eigenvalue weighted by molar-refractivity contribution is 8.18. The number of hydrogen-bond donors (Lipinski definition) is 6. The summed E-state index contributed by atoms with van der Waals surface area (Å²) in [5, 5.41) is 72.8. The van der Waals surface area contributed by atoms with Crippen LogP contribution in [0, 0.1) is 0 Å². The predicted molar refractivity (Wildman–Crippen MR) is 603 cm³/mol. The number of carboxylic acid groups (broad SMARTS) is 1. The van der Waals surface area contributed by atoms with Crippen molar-refractivity contribution in [2.75, 3.05) is 40.0 Å². The zero-order valence-corrected chi connectivity index (χ0v) is 96.7. The number of nitrogens with zero attached hydrogens (tertiary/aromatic N) is 3. The number of benzene rings is 7. The van der Waals surface area contributed by atoms with Crippen molar-refractivity contribution in [2.45, 2.75) is 327 Å². The highest BCUT2D eigenvalue weighted by Gasteiger charge is 2.41. The SMILES string of the molecule is CC(C)(Sc1cc(C(C)(C)C)c(O)c(C(C)(C)C)c1)Sc1cc(C(C)(C)C)c(O)c(C(C)(C)CCCO)c1.CC(C)(Sc1cc(C(C)(C)C)c(O)c(C(C)(C)C)c1)Sc1cc(C(C)(C)C)c(O)c(C(C)(C)CCOC(=O)[C@H](c2ccccc2Cl)N2CCc3sccc3C2)c1.COC(=O)[C@H](c1ccccc1Cl)N1CCc2sccc2C1.O=C(O)[C@H](c1ccccc1Cl)N1CCc2sccc2C1.S.S.S. The lowest BCUT2D eigenvalue weighted by Crippen LogP contribution is -2.39. The Bertz CT molecular complexity index is 5730. The molecule has 27 heteroatoms. The fraction of sp³-hybridized carbons (Fsp3) is 0.486. The van der Waals surface area contributed by atoms with E-state index in [4.69, 9.17) is 44.3 Å². The van der Waals surface area contributed by atoms with Crippen LogP contribution in [-0.4, -0.2) is 111 Å². The number of phenols is 4. The minimum absolute atomic E-state index is 0. The number of esters is 2. The Balaban J connectivity index is 0.000000271. The van der Waals surface area contributed by atoms with E-state index in [1.54, 1.807) is 81.4 Å². The standard InChI is InChI=1S/C47H62ClNO4S3.C33H52O3S2.C16H16ClNO2S.C15H14ClNO2S.3H2S/c1-43(2,3)33-24-30(25-34(40(33)50)44(4,5)6)55-47(12,13)56-31-26-35(45(7,8)9)41(51)36(27-31)46(10,11)20-22-53-42(52)39(32-16-14-15-17-37(32)48)49-21-18-38-29(28-49)19-23-54-38;1-29(2,3)23-17-21(18-24(27(23)35)30(4,5)6)37-33(12,13)38-22-19-25(31(7,8)9)28(36)26(20-22)32(10,11)15-14-16-34;1-20-16(19)15(12-4-2-3-5-13(12)17)18-8-6-14-11(10-18)7-9-21-14;16-12-4-2-1-3-11(12)14(15(18)19)17-7-5-13-10(9-17)6-8-20-13;;;/h14-17,19,23-27,39,50-51H,18,20-22,28H2,1-13H3;17-20,34-36H,14-16H2,1-13H3;2-5,7,9,15H,6,8,10H2,1H3;1-4,6,8,14H,5,7,9H2,(H,18,19);3*1H2/t39-;;15-;14-;;;/m0.00.../s1. The Hall–Kier alpha value is -5.59. The van der Waals surface area contributed by atoms with E-state index in [-0.39, 0.29) is 112 Å². The molecule has 3 aliphatic heterocycles. The molecular formula is C111H150Cl3N3O11S10. The Kier molecular flexibility index (Phi) is 42.0. The average molecular weight is 2130 g/mol. The summed E-state index contributed by atoms with van der Waals surface area (Å²) < 4.78 is 10.6. The van der Waals surface area contributed by atoms with Crippen LogP contribution >= 0.6 is 156 Å². The third-order valence-corrected chi connectivity index (χ3v) is 34.1. The summed E-state index contributed by atoms with van der Waals surface area (Å²) in [6, 6.07) is 44.0. The van der Waals surface area contributed by atoms with Gasteiger partial charge in [0, 0.05) is 140 Å². The van der Waals surface area contributed by atoms with E-state index in [1.165, 1.54) is 38.4 Å². The Morgan fingerprint density at radius 1 is 0.377 bits per heavy atom. The van der Waals surface area contributed by atoms with Gasteiger partial charge in [0.15, 0.2) is 0 Å². The van der Waals surface area contributed by atoms with Crippen molar-refractivity contribution in [3.05, 3.63) is 263 Å². The first-order valence-corrected chi connectivity index (χ1v) is 53.7. The first-order chi connectivity index (χ1) is 62.6. The summed E-state index contributed by atoms with van der Waals surface area (Å²) in [4.78, 5) is 53.0. The molecule has 0 saturated heterocycles. The molecule has 13 rings (SSSR count). The van der Waals surface area contributed by atoms with E-state index in [0.29, 0.717) is 69.6 Å². The highest BCUT2D eigenvalue weighted by Crippen LogP contribution is 2.55. The molecule has 6 heterocycles. The fourth-order valence-corrected chi connectivity index (χ4v) is 26.2. The summed E-state index contributed by atoms with van der Waals surface area (Å²) in [5.41, 5.74) is 11.4. The van der Waals surface area contributed by atoms with Crippen LogP contribution in [0.4, 0.5) is 0 Å². The number of ether oxygens (including phenoxy) is 2. The molecule has 0 saturated carbocycles. The van der Waals surface area contributed by atoms with Gasteiger partial charge in [0.2, 0.25) is 0 Å². The van der Waals surface area contributed by atoms with Crippen molar-refractivity contribution >= 4 is 174 Å². The zero-order chi connectivity index (χ0) is 100. The molecule has 0 aliphatic carbocycles. The van der Waals surface area contributed by atoms with Crippen molar-refractivity contribution in [1.29, 1.82) is 0 Å². The number of carbonyl (C=O) groups excluding carboxylic acids is 2. The molecule has 6 N–H and O–H groups in total. The van der Waals surface area contributed by atoms with E-state index < -0.39 is 29.5 Å². The van der Waals surface area contributed by atoms with E-state index in [2.05, 4.69) is 273 Å². The molecular weight excluding hydrogens is 1980 g/mol. The number of aliphatic carboxylic acids is 1. The normalized spacial score (nSPS) is 14.8. The molecule has 0 fully saturated rings. The van der Waals surface area contributed by atoms with Gasteiger partial charge in [-0.05, 0) is 244 Å². The van der Waals surface area contributed by atoms with Gasteiger partial charge in [-0.2, -0.15) is 40.5 Å². The largest absolute Gasteiger partial charge is 0.507 e. The van der Waals surface area contributed by atoms with Crippen LogP contribution in [0.5, 0.6) is 23.0 Å². The van der Waals surface area contributed by atoms with Crippen LogP contribution < -0.4 is 0 Å². The molecule has 0 amide bonds. The number of rotatable bonds is 25. The first-order valence-electron chi connectivity index (χ1n) is 46.6. The van der Waals surface area contributed by atoms with Crippen LogP contribution in [0.2, 0.25) is 15.1 Å². The lowest BCUT2D eigenvalue weighted by molar-refractivity contribution is -0.151. The van der Waals surface area contributed by atoms with Gasteiger partial charge in [0.1, 0.15) is 41.1 Å². The molecule has 10 aromatic rings. The van der Waals surface area contributed by atoms with Gasteiger partial charge in [-0.15, -0.1) is 81.1 Å². The maximum atomic E-state index is 14.1. The molecule has 0 unspecified atom stereocenters. The van der Waals surface area contributed by atoms with E-state index in [0.717, 1.165) is 127 Å². The van der Waals surface area contributed by atoms with Crippen molar-refractivity contribution in [3.63, 3.8) is 0 Å². The number of fused-ring (bicyclic) bond motifs is 3. The van der Waals surface area contributed by atoms with Gasteiger partial charge in [-0.3, -0.25) is 19.5 Å². The summed E-state index contributed by atoms with van der Waals surface area (Å²) >= 11 is 31.6. The number of aliphatic hydroxyl groups excluding tert-OH is 1. The lowest BCUT2D eigenvalue weighted by Gasteiger charge is -2.34. The van der Waals surface area contributed by atoms with Crippen molar-refractivity contribution in [1.82, 2.24) is 14.7 Å². The molecule has 3 aromatic heterocycles. The highest BCUT2D eigenvalue weighted by atomic mass is 35.5. The zero-order valence-electron chi connectivity index (χ0n) is 85.7. The second kappa shape index (κ2) is 48.6. The van der Waals surface area contributed by atoms with Crippen molar-refractivity contribution in [3.8, 4) is 23.0 Å². The van der Waals surface area contributed by atoms with Crippen LogP contribution in [0.1, 0.15) is 310 Å². The first kappa shape index (κ1) is 119. The molecule has 0 spiro atoms. The number of thioether (sulfide) groups is 4. The Labute approximate surface area is 888 Å². The van der Waals surface area contributed by atoms with Crippen LogP contribution in [0.15, 0.2) is 175 Å². The molecule has 0 bridgehead atoms. The molecule has 3 aliphatic rings. The molecule has 138 heavy (non-hydrogen) atoms. The van der Waals surface area contributed by atoms with E-state index >= 15 is 0 Å². The second-order valence-electron chi connectivity index (χ2n) is 44.1. The third-order valence-electron chi connectivity index (χ3n) is 25.1. The van der Waals surface area contributed by atoms with E-state index in [1.807, 2.05) is 77.3 Å². The minimum Gasteiger partial charge on any atom is -0.507 e. The lowest BCUT2D eigenvalue weighted by atomic mass is 9.76. The molecule has 756 valence electrons. The summed E-state index contributed by atoms with van der Waals surface area (Å²) in [7, 11) is 1.42. The topological polar surface area (TPSA) is 201 Å². The maximum Gasteiger partial charge on any atom is 0.328 e. The second-order valence-corrected chi connectivity index (χ2v) is 55.6. The Morgan fingerprint density at radius 3 is 0.899 bits per heavy atom. The number of carbonyl (C=O) groups is 3. The number of phenolic OH excluding ortho intramolecular Hbond substituents is 4. The summed E-state index contributed by atoms with van der Waals surface area (Å²) in [5.74, 6) is 0.0304. The van der Waals surface area contributed by atoms with Crippen molar-refractivity contribution in [2.24, 2.45) is 0 Å². The van der Waals surface area contributed by atoms with Crippen LogP contribution in [-0.2, 0) is 106 Å². The molecule has 3 atom stereocenters. The number of halogens is 3. The Morgan fingerprint density at radius 2 is 0.630 bits per heavy atom. The summed E-state index contributed by atoms with van der Waals surface area (Å²) in [6.45, 7) is 60.7. The quantitative estimate of drug-likeness (QED) is 0.0179. The number of aromatic hydroxyl groups is 4. The van der Waals surface area contributed by atoms with Gasteiger partial charge in [0.25, 0.3) is 0 Å². The number of aliphatic hydroxyl groups is 1. The van der Waals surface area contributed by atoms with Gasteiger partial charge in [-0.25, -0.2) is 9.59 Å². The predicted octanol–water partition coefficient (Wildman–Crippen LogP) is 30.6. The number of hydrogen-bond acceptors (Lipinski definition) is 20. The molecule has 7 aromatic carbocycles. The summed E-state index contributed by atoms with van der Waals surface area (Å²) in [6.07, 6.45) is 4.77. The fourth-order valence-electron chi connectivity index (χ4n) is 17.7. The maximum absolute atomic E-state index is 14.1. The van der Waals surface area contributed by atoms with Crippen LogP contribution in [0.25, 0.3) is 0 Å². The number of methoxy groups -OCH3 is 1. The number of thiophene rings is 3. The van der Waals surface area contributed by atoms with Gasteiger partial charge in [-0.1, -0.05) is 242 Å². The smallest absolute Gasteiger partial charge is 0.328 e. The average Bonchev–Trinajstić information content (AvgIpc) is 0.985. The minimum atomic E-state index is -0.850. The van der Waals surface area contributed by atoms with Gasteiger partial charge >= 0.3 is 17.9 Å². The van der Waals surface area contributed by atoms with Gasteiger partial charge < -0.3 is 40.1 Å². The van der Waals surface area contributed by atoms with Crippen LogP contribution in [0.3, 0.4) is 0 Å². The van der Waals surface area contributed by atoms with E-state index in [9.17, 15) is 45.0 Å². The van der Waals surface area contributed by atoms with Crippen molar-refractivity contribution < 1.29 is 54.5 Å². The molecule has 0 radical (unpaired) electrons. The molecule has 14 nitrogen and oxygen atoms in total. The van der Waals surface area contributed by atoms with Gasteiger partial charge in [0.05, 0.1) is 21.9 Å².